The second-order valence-corrected chi connectivity index (χ2v) is 12.1. The molecule has 46 heavy (non-hydrogen) atoms. The summed E-state index contributed by atoms with van der Waals surface area (Å²) >= 11 is 0. The summed E-state index contributed by atoms with van der Waals surface area (Å²) in [5.41, 5.74) is 9.89. The highest BCUT2D eigenvalue weighted by Crippen LogP contribution is 2.48. The van der Waals surface area contributed by atoms with Crippen LogP contribution < -0.4 is 15.1 Å². The number of hydrogen-bond donors (Lipinski definition) is 0. The average molecular weight is 587 g/mol. The maximum atomic E-state index is 2.53. The fourth-order valence-corrected chi connectivity index (χ4v) is 7.64. The van der Waals surface area contributed by atoms with E-state index in [-0.39, 0.29) is 6.98 Å². The fourth-order valence-electron chi connectivity index (χ4n) is 7.64. The van der Waals surface area contributed by atoms with Gasteiger partial charge in [0.2, 0.25) is 0 Å². The molecular weight excluding hydrogens is 555 g/mol. The SMILES string of the molecule is Cc1ccc(-c2c3ccccc3c(B3N(c4ccccc4)c4ccccc4N3c3ccccc3)c3ccccc23)c2ccccc12. The van der Waals surface area contributed by atoms with Crippen LogP contribution in [-0.2, 0) is 0 Å². The van der Waals surface area contributed by atoms with Gasteiger partial charge in [0, 0.05) is 11.4 Å². The van der Waals surface area contributed by atoms with Gasteiger partial charge in [0.15, 0.2) is 0 Å². The summed E-state index contributed by atoms with van der Waals surface area (Å²) in [5, 5.41) is 7.65. The topological polar surface area (TPSA) is 6.48 Å². The van der Waals surface area contributed by atoms with Crippen LogP contribution in [0.25, 0.3) is 43.4 Å². The predicted molar refractivity (Wildman–Crippen MR) is 198 cm³/mol. The van der Waals surface area contributed by atoms with E-state index >= 15 is 0 Å². The largest absolute Gasteiger partial charge is 0.422 e. The van der Waals surface area contributed by atoms with Gasteiger partial charge in [-0.2, -0.15) is 0 Å². The van der Waals surface area contributed by atoms with Crippen LogP contribution >= 0.6 is 0 Å². The summed E-state index contributed by atoms with van der Waals surface area (Å²) in [5.74, 6) is 0. The zero-order valence-electron chi connectivity index (χ0n) is 25.6. The standard InChI is InChI=1S/C43H31BN2/c1-30-28-29-37(34-21-9-8-20-33(30)34)42-35-22-10-12-24-38(35)43(39-25-13-11-23-36(39)42)44-45(31-16-4-2-5-17-31)40-26-14-15-27-41(40)46(44)32-18-6-3-7-19-32/h2-29H,1H3. The molecule has 1 aliphatic rings. The van der Waals surface area contributed by atoms with Gasteiger partial charge < -0.3 is 9.62 Å². The monoisotopic (exact) mass is 586 g/mol. The molecule has 0 aromatic heterocycles. The van der Waals surface area contributed by atoms with Gasteiger partial charge in [-0.25, -0.2) is 0 Å². The molecular formula is C43H31BN2. The minimum Gasteiger partial charge on any atom is -0.360 e. The maximum Gasteiger partial charge on any atom is 0.422 e. The third-order valence-corrected chi connectivity index (χ3v) is 9.60. The van der Waals surface area contributed by atoms with Gasteiger partial charge in [-0.05, 0) is 97.8 Å². The lowest BCUT2D eigenvalue weighted by atomic mass is 9.60. The normalized spacial score (nSPS) is 12.8. The maximum absolute atomic E-state index is 2.53. The Bertz CT molecular complexity index is 2280. The first kappa shape index (κ1) is 26.6. The molecule has 2 nitrogen and oxygen atoms in total. The van der Waals surface area contributed by atoms with Crippen molar-refractivity contribution in [2.45, 2.75) is 6.92 Å². The van der Waals surface area contributed by atoms with Crippen LogP contribution in [0.1, 0.15) is 5.56 Å². The number of benzene rings is 8. The Morgan fingerprint density at radius 1 is 0.370 bits per heavy atom. The van der Waals surface area contributed by atoms with Gasteiger partial charge in [0.1, 0.15) is 0 Å². The van der Waals surface area contributed by atoms with Crippen LogP contribution in [0, 0.1) is 6.92 Å². The third kappa shape index (κ3) is 3.98. The molecule has 0 N–H and O–H groups in total. The van der Waals surface area contributed by atoms with Crippen LogP contribution in [0.3, 0.4) is 0 Å². The first-order chi connectivity index (χ1) is 22.8. The Kier molecular flexibility index (Phi) is 6.17. The number of nitrogens with zero attached hydrogens (tertiary/aromatic N) is 2. The highest BCUT2D eigenvalue weighted by Gasteiger charge is 2.45. The third-order valence-electron chi connectivity index (χ3n) is 9.60. The van der Waals surface area contributed by atoms with E-state index in [2.05, 4.69) is 186 Å². The number of hydrogen-bond acceptors (Lipinski definition) is 2. The van der Waals surface area contributed by atoms with Crippen LogP contribution in [0.15, 0.2) is 170 Å². The van der Waals surface area contributed by atoms with Crippen molar-refractivity contribution in [3.05, 3.63) is 175 Å². The van der Waals surface area contributed by atoms with Crippen molar-refractivity contribution in [1.29, 1.82) is 0 Å². The summed E-state index contributed by atoms with van der Waals surface area (Å²) in [7, 11) is 0. The molecule has 0 fully saturated rings. The Hall–Kier alpha value is -5.80. The van der Waals surface area contributed by atoms with Crippen molar-refractivity contribution in [3.8, 4) is 11.1 Å². The van der Waals surface area contributed by atoms with Crippen molar-refractivity contribution in [2.75, 3.05) is 9.62 Å². The molecule has 0 unspecified atom stereocenters. The molecule has 216 valence electrons. The molecule has 0 atom stereocenters. The molecule has 0 radical (unpaired) electrons. The highest BCUT2D eigenvalue weighted by molar-refractivity contribution is 6.88. The van der Waals surface area contributed by atoms with Crippen LogP contribution in [-0.4, -0.2) is 6.98 Å². The van der Waals surface area contributed by atoms with Crippen molar-refractivity contribution in [3.63, 3.8) is 0 Å². The number of anilines is 4. The number of para-hydroxylation sites is 4. The van der Waals surface area contributed by atoms with Crippen molar-refractivity contribution in [1.82, 2.24) is 0 Å². The Balaban J connectivity index is 1.43. The van der Waals surface area contributed by atoms with E-state index in [0.717, 1.165) is 0 Å². The van der Waals surface area contributed by atoms with Gasteiger partial charge in [0.25, 0.3) is 0 Å². The van der Waals surface area contributed by atoms with E-state index in [9.17, 15) is 0 Å². The quantitative estimate of drug-likeness (QED) is 0.150. The highest BCUT2D eigenvalue weighted by atomic mass is 15.3. The van der Waals surface area contributed by atoms with E-state index in [1.807, 2.05) is 0 Å². The molecule has 8 aromatic carbocycles. The molecule has 0 bridgehead atoms. The lowest BCUT2D eigenvalue weighted by molar-refractivity contribution is 1.40. The minimum absolute atomic E-state index is 0.124. The van der Waals surface area contributed by atoms with E-state index in [0.29, 0.717) is 0 Å². The van der Waals surface area contributed by atoms with Crippen molar-refractivity contribution in [2.24, 2.45) is 0 Å². The van der Waals surface area contributed by atoms with Crippen LogP contribution in [0.4, 0.5) is 22.7 Å². The van der Waals surface area contributed by atoms with Crippen LogP contribution in [0.5, 0.6) is 0 Å². The first-order valence-electron chi connectivity index (χ1n) is 16.0. The zero-order chi connectivity index (χ0) is 30.6. The van der Waals surface area contributed by atoms with Crippen molar-refractivity contribution >= 4 is 67.5 Å². The van der Waals surface area contributed by atoms with Gasteiger partial charge in [-0.1, -0.05) is 133 Å². The van der Waals surface area contributed by atoms with E-state index < -0.39 is 0 Å². The lowest BCUT2D eigenvalue weighted by Crippen LogP contribution is -2.53. The molecule has 0 saturated carbocycles. The summed E-state index contributed by atoms with van der Waals surface area (Å²) in [6.45, 7) is 2.08. The molecule has 1 heterocycles. The molecule has 3 heteroatoms. The molecule has 8 aromatic rings. The zero-order valence-corrected chi connectivity index (χ0v) is 25.6. The van der Waals surface area contributed by atoms with Gasteiger partial charge >= 0.3 is 6.98 Å². The minimum atomic E-state index is -0.124. The number of aryl methyl sites for hydroxylation is 1. The van der Waals surface area contributed by atoms with E-state index in [4.69, 9.17) is 0 Å². The summed E-state index contributed by atoms with van der Waals surface area (Å²) in [4.78, 5) is 5.05. The van der Waals surface area contributed by atoms with Gasteiger partial charge in [-0.15, -0.1) is 0 Å². The Morgan fingerprint density at radius 2 is 0.783 bits per heavy atom. The molecule has 0 saturated heterocycles. The van der Waals surface area contributed by atoms with E-state index in [1.54, 1.807) is 0 Å². The molecule has 0 aliphatic carbocycles. The molecule has 0 spiro atoms. The molecule has 9 rings (SSSR count). The predicted octanol–water partition coefficient (Wildman–Crippen LogP) is 10.8. The summed E-state index contributed by atoms with van der Waals surface area (Å²) in [6, 6.07) is 62.0. The lowest BCUT2D eigenvalue weighted by Gasteiger charge is -2.32. The number of fused-ring (bicyclic) bond motifs is 4. The summed E-state index contributed by atoms with van der Waals surface area (Å²) in [6.07, 6.45) is 0. The average Bonchev–Trinajstić information content (AvgIpc) is 3.46. The second-order valence-electron chi connectivity index (χ2n) is 12.1. The smallest absolute Gasteiger partial charge is 0.360 e. The van der Waals surface area contributed by atoms with Crippen molar-refractivity contribution < 1.29 is 0 Å². The Labute approximate surface area is 269 Å². The molecule has 0 amide bonds. The molecule has 1 aliphatic heterocycles. The van der Waals surface area contributed by atoms with Gasteiger partial charge in [-0.3, -0.25) is 0 Å². The second kappa shape index (κ2) is 10.7. The van der Waals surface area contributed by atoms with Crippen LogP contribution in [0.2, 0.25) is 0 Å². The number of rotatable bonds is 4. The van der Waals surface area contributed by atoms with E-state index in [1.165, 1.54) is 77.2 Å². The summed E-state index contributed by atoms with van der Waals surface area (Å²) < 4.78 is 0. The Morgan fingerprint density at radius 3 is 1.30 bits per heavy atom. The first-order valence-corrected chi connectivity index (χ1v) is 16.0. The fraction of sp³-hybridized carbons (Fsp3) is 0.0233. The van der Waals surface area contributed by atoms with Gasteiger partial charge in [0.05, 0.1) is 11.4 Å².